The Morgan fingerprint density at radius 3 is 2.68 bits per heavy atom. The van der Waals surface area contributed by atoms with Gasteiger partial charge in [0.2, 0.25) is 0 Å². The molecule has 4 aromatic heterocycles. The van der Waals surface area contributed by atoms with Gasteiger partial charge in [-0.1, -0.05) is 6.07 Å². The number of hydrogen-bond donors (Lipinski definition) is 2. The number of benzene rings is 1. The van der Waals surface area contributed by atoms with Gasteiger partial charge in [-0.05, 0) is 48.9 Å². The van der Waals surface area contributed by atoms with Crippen molar-refractivity contribution in [2.75, 3.05) is 13.1 Å². The van der Waals surface area contributed by atoms with E-state index in [1.807, 2.05) is 31.2 Å². The average molecular weight is 455 g/mol. The van der Waals surface area contributed by atoms with Crippen LogP contribution in [-0.2, 0) is 6.54 Å². The highest BCUT2D eigenvalue weighted by atomic mass is 19.1. The third-order valence-electron chi connectivity index (χ3n) is 6.25. The van der Waals surface area contributed by atoms with Gasteiger partial charge in [-0.3, -0.25) is 10.00 Å². The summed E-state index contributed by atoms with van der Waals surface area (Å²) in [5, 5.41) is 26.4. The number of aromatic nitrogens is 6. The SMILES string of the molecule is Cc1cn2cc(-c3ccc(-c4ccc(C5CN(Cc6ccn[nH]6)C5)nn4)c(O)c3)cc(F)c2n1. The molecule has 9 heteroatoms. The number of pyridine rings is 1. The summed E-state index contributed by atoms with van der Waals surface area (Å²) in [5.74, 6) is 0.00283. The lowest BCUT2D eigenvalue weighted by Crippen LogP contribution is -2.44. The number of phenolic OH excluding ortho intramolecular Hbond substituents is 1. The number of aromatic hydroxyl groups is 1. The van der Waals surface area contributed by atoms with Gasteiger partial charge in [-0.2, -0.15) is 15.3 Å². The number of likely N-dealkylation sites (tertiary alicyclic amines) is 1. The van der Waals surface area contributed by atoms with Crippen molar-refractivity contribution in [3.63, 3.8) is 0 Å². The molecule has 0 aliphatic carbocycles. The van der Waals surface area contributed by atoms with Crippen LogP contribution in [0.3, 0.4) is 0 Å². The van der Waals surface area contributed by atoms with Gasteiger partial charge in [0.05, 0.1) is 17.1 Å². The Hall–Kier alpha value is -4.11. The molecular formula is C25H22FN7O. The van der Waals surface area contributed by atoms with E-state index in [1.165, 1.54) is 6.07 Å². The summed E-state index contributed by atoms with van der Waals surface area (Å²) < 4.78 is 16.1. The van der Waals surface area contributed by atoms with Crippen LogP contribution in [0.1, 0.15) is 23.0 Å². The second-order valence-electron chi connectivity index (χ2n) is 8.74. The number of H-pyrrole nitrogens is 1. The predicted octanol–water partition coefficient (Wildman–Crippen LogP) is 3.93. The van der Waals surface area contributed by atoms with E-state index in [2.05, 4.69) is 30.3 Å². The van der Waals surface area contributed by atoms with Gasteiger partial charge in [-0.15, -0.1) is 0 Å². The van der Waals surface area contributed by atoms with E-state index < -0.39 is 5.82 Å². The quantitative estimate of drug-likeness (QED) is 0.417. The van der Waals surface area contributed by atoms with Crippen molar-refractivity contribution in [2.24, 2.45) is 0 Å². The van der Waals surface area contributed by atoms with Gasteiger partial charge in [0.25, 0.3) is 0 Å². The Morgan fingerprint density at radius 1 is 1.06 bits per heavy atom. The van der Waals surface area contributed by atoms with E-state index in [4.69, 9.17) is 0 Å². The topological polar surface area (TPSA) is 95.2 Å². The minimum absolute atomic E-state index is 0.0660. The molecule has 170 valence electrons. The van der Waals surface area contributed by atoms with Gasteiger partial charge in [0, 0.05) is 61.0 Å². The first kappa shape index (κ1) is 20.5. The number of halogens is 1. The first-order valence-electron chi connectivity index (χ1n) is 11.1. The molecule has 8 nitrogen and oxygen atoms in total. The molecule has 1 saturated heterocycles. The first-order chi connectivity index (χ1) is 16.5. The smallest absolute Gasteiger partial charge is 0.173 e. The summed E-state index contributed by atoms with van der Waals surface area (Å²) in [6.45, 7) is 4.51. The Labute approximate surface area is 194 Å². The second-order valence-corrected chi connectivity index (χ2v) is 8.74. The molecule has 0 radical (unpaired) electrons. The summed E-state index contributed by atoms with van der Waals surface area (Å²) >= 11 is 0. The van der Waals surface area contributed by atoms with Crippen LogP contribution in [0.2, 0.25) is 0 Å². The molecule has 1 aliphatic rings. The summed E-state index contributed by atoms with van der Waals surface area (Å²) in [6, 6.07) is 12.5. The number of rotatable bonds is 5. The minimum Gasteiger partial charge on any atom is -0.507 e. The van der Waals surface area contributed by atoms with Crippen molar-refractivity contribution in [2.45, 2.75) is 19.4 Å². The molecule has 0 amide bonds. The lowest BCUT2D eigenvalue weighted by molar-refractivity contribution is 0.135. The second kappa shape index (κ2) is 8.03. The molecular weight excluding hydrogens is 433 g/mol. The van der Waals surface area contributed by atoms with Crippen molar-refractivity contribution in [3.8, 4) is 28.1 Å². The standard InChI is InChI=1S/C25H22FN7O/c1-15-10-33-13-17(8-21(26)25(33)28-15)16-2-3-20(24(34)9-16)23-5-4-22(30-31-23)18-11-32(12-18)14-19-6-7-27-29-19/h2-10,13,18,34H,11-12,14H2,1H3,(H,27,29). The molecule has 1 aliphatic heterocycles. The number of aryl methyl sites for hydroxylation is 1. The van der Waals surface area contributed by atoms with Crippen molar-refractivity contribution >= 4 is 5.65 Å². The number of phenols is 1. The predicted molar refractivity (Wildman–Crippen MR) is 125 cm³/mol. The Balaban J connectivity index is 1.18. The summed E-state index contributed by atoms with van der Waals surface area (Å²) in [7, 11) is 0. The van der Waals surface area contributed by atoms with E-state index in [0.29, 0.717) is 28.3 Å². The fourth-order valence-corrected chi connectivity index (χ4v) is 4.47. The third-order valence-corrected chi connectivity index (χ3v) is 6.25. The van der Waals surface area contributed by atoms with Crippen LogP contribution >= 0.6 is 0 Å². The van der Waals surface area contributed by atoms with Crippen molar-refractivity contribution in [3.05, 3.63) is 84.0 Å². The highest BCUT2D eigenvalue weighted by molar-refractivity contribution is 5.74. The Morgan fingerprint density at radius 2 is 1.94 bits per heavy atom. The molecule has 6 rings (SSSR count). The molecule has 0 atom stereocenters. The molecule has 5 heterocycles. The lowest BCUT2D eigenvalue weighted by Gasteiger charge is -2.38. The molecule has 0 saturated carbocycles. The monoisotopic (exact) mass is 455 g/mol. The van der Waals surface area contributed by atoms with Gasteiger partial charge in [0.15, 0.2) is 11.5 Å². The maximum atomic E-state index is 14.5. The summed E-state index contributed by atoms with van der Waals surface area (Å²) in [4.78, 5) is 6.51. The van der Waals surface area contributed by atoms with E-state index in [-0.39, 0.29) is 11.4 Å². The van der Waals surface area contributed by atoms with Crippen LogP contribution < -0.4 is 0 Å². The van der Waals surface area contributed by atoms with Crippen LogP contribution in [0, 0.1) is 12.7 Å². The number of hydrogen-bond acceptors (Lipinski definition) is 6. The normalized spacial score (nSPS) is 14.5. The van der Waals surface area contributed by atoms with Crippen LogP contribution in [0.5, 0.6) is 5.75 Å². The molecule has 1 aromatic carbocycles. The molecule has 0 spiro atoms. The molecule has 34 heavy (non-hydrogen) atoms. The fraction of sp³-hybridized carbons (Fsp3) is 0.200. The maximum absolute atomic E-state index is 14.5. The summed E-state index contributed by atoms with van der Waals surface area (Å²) in [6.07, 6.45) is 5.33. The maximum Gasteiger partial charge on any atom is 0.173 e. The van der Waals surface area contributed by atoms with Crippen LogP contribution in [0.15, 0.2) is 61.1 Å². The highest BCUT2D eigenvalue weighted by Crippen LogP contribution is 2.34. The number of fused-ring (bicyclic) bond motifs is 1. The largest absolute Gasteiger partial charge is 0.507 e. The number of nitrogens with zero attached hydrogens (tertiary/aromatic N) is 6. The number of aromatic amines is 1. The zero-order chi connectivity index (χ0) is 23.2. The summed E-state index contributed by atoms with van der Waals surface area (Å²) in [5.41, 5.74) is 5.59. The third kappa shape index (κ3) is 3.69. The van der Waals surface area contributed by atoms with Gasteiger partial charge in [-0.25, -0.2) is 9.37 Å². The molecule has 0 unspecified atom stereocenters. The fourth-order valence-electron chi connectivity index (χ4n) is 4.47. The number of nitrogens with one attached hydrogen (secondary N) is 1. The van der Waals surface area contributed by atoms with E-state index in [9.17, 15) is 9.50 Å². The van der Waals surface area contributed by atoms with Crippen LogP contribution in [0.4, 0.5) is 4.39 Å². The van der Waals surface area contributed by atoms with Crippen LogP contribution in [0.25, 0.3) is 28.0 Å². The first-order valence-corrected chi connectivity index (χ1v) is 11.1. The average Bonchev–Trinajstić information content (AvgIpc) is 3.45. The molecule has 5 aromatic rings. The Kier molecular flexibility index (Phi) is 4.84. The van der Waals surface area contributed by atoms with E-state index >= 15 is 0 Å². The lowest BCUT2D eigenvalue weighted by atomic mass is 9.95. The zero-order valence-corrected chi connectivity index (χ0v) is 18.5. The number of imidazole rings is 1. The van der Waals surface area contributed by atoms with Gasteiger partial charge >= 0.3 is 0 Å². The van der Waals surface area contributed by atoms with Crippen molar-refractivity contribution < 1.29 is 9.50 Å². The van der Waals surface area contributed by atoms with E-state index in [1.54, 1.807) is 35.1 Å². The Bertz CT molecular complexity index is 1470. The highest BCUT2D eigenvalue weighted by Gasteiger charge is 2.29. The zero-order valence-electron chi connectivity index (χ0n) is 18.5. The van der Waals surface area contributed by atoms with E-state index in [0.717, 1.165) is 36.7 Å². The minimum atomic E-state index is -0.408. The van der Waals surface area contributed by atoms with Crippen molar-refractivity contribution in [1.82, 2.24) is 34.7 Å². The van der Waals surface area contributed by atoms with Crippen molar-refractivity contribution in [1.29, 1.82) is 0 Å². The van der Waals surface area contributed by atoms with Gasteiger partial charge in [0.1, 0.15) is 5.75 Å². The molecule has 1 fully saturated rings. The van der Waals surface area contributed by atoms with Gasteiger partial charge < -0.3 is 9.51 Å². The van der Waals surface area contributed by atoms with Crippen LogP contribution in [-0.4, -0.2) is 52.9 Å². The molecule has 0 bridgehead atoms. The molecule has 2 N–H and O–H groups in total.